The zero-order valence-electron chi connectivity index (χ0n) is 17.7. The lowest BCUT2D eigenvalue weighted by atomic mass is 9.93. The van der Waals surface area contributed by atoms with Crippen molar-refractivity contribution in [2.45, 2.75) is 38.1 Å². The lowest BCUT2D eigenvalue weighted by Crippen LogP contribution is -2.39. The number of nitrogens with zero attached hydrogens (tertiary/aromatic N) is 5. The summed E-state index contributed by atoms with van der Waals surface area (Å²) in [5.41, 5.74) is 8.57. The van der Waals surface area contributed by atoms with Crippen LogP contribution in [0, 0.1) is 0 Å². The number of piperidine rings is 1. The maximum Gasteiger partial charge on any atom is 0.223 e. The van der Waals surface area contributed by atoms with E-state index in [1.807, 2.05) is 29.2 Å². The first-order chi connectivity index (χ1) is 15.6. The summed E-state index contributed by atoms with van der Waals surface area (Å²) in [6, 6.07) is 9.19. The van der Waals surface area contributed by atoms with Gasteiger partial charge in [0.15, 0.2) is 0 Å². The van der Waals surface area contributed by atoms with Gasteiger partial charge in [-0.3, -0.25) is 4.79 Å². The van der Waals surface area contributed by atoms with Gasteiger partial charge < -0.3 is 16.0 Å². The maximum atomic E-state index is 13.1. The number of carbonyl (C=O) groups is 1. The Balaban J connectivity index is 1.49. The third kappa shape index (κ3) is 5.31. The van der Waals surface area contributed by atoms with Gasteiger partial charge in [-0.25, -0.2) is 19.9 Å². The molecule has 1 aliphatic heterocycles. The Morgan fingerprint density at radius 1 is 1.16 bits per heavy atom. The number of hydrogen-bond acceptors (Lipinski definition) is 7. The van der Waals surface area contributed by atoms with E-state index in [1.54, 1.807) is 24.7 Å². The number of rotatable bonds is 7. The van der Waals surface area contributed by atoms with Crippen LogP contribution >= 0.6 is 11.6 Å². The van der Waals surface area contributed by atoms with Crippen molar-refractivity contribution in [2.24, 2.45) is 0 Å². The van der Waals surface area contributed by atoms with Gasteiger partial charge in [0, 0.05) is 48.7 Å². The van der Waals surface area contributed by atoms with Gasteiger partial charge in [-0.1, -0.05) is 23.7 Å². The number of nitrogen functional groups attached to an aromatic ring is 1. The van der Waals surface area contributed by atoms with Crippen LogP contribution in [-0.4, -0.2) is 43.8 Å². The number of hydrogen-bond donors (Lipinski definition) is 2. The van der Waals surface area contributed by atoms with Gasteiger partial charge in [-0.05, 0) is 49.4 Å². The van der Waals surface area contributed by atoms with Crippen LogP contribution in [0.4, 0.5) is 11.9 Å². The van der Waals surface area contributed by atoms with Crippen LogP contribution in [0.15, 0.2) is 48.9 Å². The number of likely N-dealkylation sites (tertiary alicyclic amines) is 1. The zero-order chi connectivity index (χ0) is 22.3. The molecule has 166 valence electrons. The molecule has 1 aromatic carbocycles. The van der Waals surface area contributed by atoms with E-state index in [-0.39, 0.29) is 17.9 Å². The van der Waals surface area contributed by atoms with Crippen molar-refractivity contribution < 1.29 is 4.79 Å². The summed E-state index contributed by atoms with van der Waals surface area (Å²) in [5.74, 6) is 0.896. The second-order valence-electron chi connectivity index (χ2n) is 7.74. The van der Waals surface area contributed by atoms with E-state index in [9.17, 15) is 4.79 Å². The van der Waals surface area contributed by atoms with Gasteiger partial charge in [0.1, 0.15) is 0 Å². The average molecular weight is 452 g/mol. The normalized spacial score (nSPS) is 16.0. The number of nitrogens with one attached hydrogen (secondary N) is 1. The molecule has 3 aromatic rings. The summed E-state index contributed by atoms with van der Waals surface area (Å²) >= 11 is 6.06. The van der Waals surface area contributed by atoms with Crippen molar-refractivity contribution in [3.8, 4) is 11.1 Å². The summed E-state index contributed by atoms with van der Waals surface area (Å²) < 4.78 is 0. The second-order valence-corrected chi connectivity index (χ2v) is 8.17. The molecule has 3 heterocycles. The molecule has 0 unspecified atom stereocenters. The SMILES string of the molecule is Nc1ncc(-c2ccc(Cl)cc2)c([C@@H]2CCCCN2C(=O)CCCNc2ncccn2)n1. The fourth-order valence-electron chi connectivity index (χ4n) is 4.00. The third-order valence-electron chi connectivity index (χ3n) is 5.55. The zero-order valence-corrected chi connectivity index (χ0v) is 18.5. The molecule has 1 saturated heterocycles. The number of nitrogens with two attached hydrogens (primary N) is 1. The highest BCUT2D eigenvalue weighted by atomic mass is 35.5. The molecule has 1 aliphatic rings. The first kappa shape index (κ1) is 22.0. The number of carbonyl (C=O) groups excluding carboxylic acids is 1. The Hall–Kier alpha value is -3.26. The lowest BCUT2D eigenvalue weighted by Gasteiger charge is -2.36. The molecule has 1 fully saturated rings. The monoisotopic (exact) mass is 451 g/mol. The fraction of sp³-hybridized carbons (Fsp3) is 0.348. The molecule has 32 heavy (non-hydrogen) atoms. The number of halogens is 1. The summed E-state index contributed by atoms with van der Waals surface area (Å²) in [6.07, 6.45) is 9.10. The van der Waals surface area contributed by atoms with E-state index in [0.29, 0.717) is 36.9 Å². The molecular formula is C23H26ClN7O. The Morgan fingerprint density at radius 2 is 1.94 bits per heavy atom. The summed E-state index contributed by atoms with van der Waals surface area (Å²) in [4.78, 5) is 32.1. The van der Waals surface area contributed by atoms with Crippen molar-refractivity contribution in [2.75, 3.05) is 24.1 Å². The number of anilines is 2. The molecule has 0 radical (unpaired) electrons. The van der Waals surface area contributed by atoms with Crippen LogP contribution < -0.4 is 11.1 Å². The molecular weight excluding hydrogens is 426 g/mol. The average Bonchev–Trinajstić information content (AvgIpc) is 2.83. The van der Waals surface area contributed by atoms with E-state index < -0.39 is 0 Å². The Labute approximate surface area is 192 Å². The van der Waals surface area contributed by atoms with Gasteiger partial charge in [-0.2, -0.15) is 0 Å². The Bertz CT molecular complexity index is 1050. The van der Waals surface area contributed by atoms with Crippen molar-refractivity contribution in [3.63, 3.8) is 0 Å². The molecule has 0 aliphatic carbocycles. The van der Waals surface area contributed by atoms with Crippen molar-refractivity contribution in [1.82, 2.24) is 24.8 Å². The smallest absolute Gasteiger partial charge is 0.223 e. The van der Waals surface area contributed by atoms with Crippen LogP contribution in [-0.2, 0) is 4.79 Å². The molecule has 0 bridgehead atoms. The Morgan fingerprint density at radius 3 is 2.72 bits per heavy atom. The van der Waals surface area contributed by atoms with E-state index >= 15 is 0 Å². The van der Waals surface area contributed by atoms with Gasteiger partial charge in [0.2, 0.25) is 17.8 Å². The molecule has 8 nitrogen and oxygen atoms in total. The van der Waals surface area contributed by atoms with Crippen LogP contribution in [0.1, 0.15) is 43.8 Å². The van der Waals surface area contributed by atoms with E-state index in [0.717, 1.165) is 36.1 Å². The Kier molecular flexibility index (Phi) is 7.11. The first-order valence-electron chi connectivity index (χ1n) is 10.8. The molecule has 1 atom stereocenters. The highest BCUT2D eigenvalue weighted by Gasteiger charge is 2.31. The van der Waals surface area contributed by atoms with Crippen LogP contribution in [0.25, 0.3) is 11.1 Å². The van der Waals surface area contributed by atoms with E-state index in [4.69, 9.17) is 17.3 Å². The quantitative estimate of drug-likeness (QED) is 0.520. The largest absolute Gasteiger partial charge is 0.368 e. The number of benzene rings is 1. The van der Waals surface area contributed by atoms with Gasteiger partial charge in [0.05, 0.1) is 11.7 Å². The minimum absolute atomic E-state index is 0.115. The predicted molar refractivity (Wildman–Crippen MR) is 125 cm³/mol. The summed E-state index contributed by atoms with van der Waals surface area (Å²) in [6.45, 7) is 1.34. The molecule has 0 saturated carbocycles. The standard InChI is InChI=1S/C23H26ClN7O/c24-17-9-7-16(8-10-17)18-15-29-22(25)30-21(18)19-5-1-2-14-31(19)20(32)6-3-11-26-23-27-12-4-13-28-23/h4,7-10,12-13,15,19H,1-3,5-6,11,14H2,(H2,25,29,30)(H,26,27,28)/t19-/m0/s1. The maximum absolute atomic E-state index is 13.1. The van der Waals surface area contributed by atoms with Gasteiger partial charge in [-0.15, -0.1) is 0 Å². The van der Waals surface area contributed by atoms with Crippen molar-refractivity contribution in [3.05, 3.63) is 59.6 Å². The van der Waals surface area contributed by atoms with Crippen molar-refractivity contribution >= 4 is 29.4 Å². The van der Waals surface area contributed by atoms with E-state index in [1.165, 1.54) is 0 Å². The predicted octanol–water partition coefficient (Wildman–Crippen LogP) is 4.12. The van der Waals surface area contributed by atoms with Crippen molar-refractivity contribution in [1.29, 1.82) is 0 Å². The molecule has 0 spiro atoms. The lowest BCUT2D eigenvalue weighted by molar-refractivity contribution is -0.135. The summed E-state index contributed by atoms with van der Waals surface area (Å²) in [5, 5.41) is 3.81. The van der Waals surface area contributed by atoms with E-state index in [2.05, 4.69) is 25.3 Å². The molecule has 2 aromatic heterocycles. The minimum Gasteiger partial charge on any atom is -0.368 e. The number of aromatic nitrogens is 4. The molecule has 1 amide bonds. The van der Waals surface area contributed by atoms with Crippen LogP contribution in [0.3, 0.4) is 0 Å². The topological polar surface area (TPSA) is 110 Å². The van der Waals surface area contributed by atoms with Gasteiger partial charge >= 0.3 is 0 Å². The highest BCUT2D eigenvalue weighted by molar-refractivity contribution is 6.30. The summed E-state index contributed by atoms with van der Waals surface area (Å²) in [7, 11) is 0. The second kappa shape index (κ2) is 10.4. The third-order valence-corrected chi connectivity index (χ3v) is 5.80. The molecule has 3 N–H and O–H groups in total. The number of amides is 1. The minimum atomic E-state index is -0.127. The van der Waals surface area contributed by atoms with Crippen LogP contribution in [0.2, 0.25) is 5.02 Å². The molecule has 9 heteroatoms. The molecule has 4 rings (SSSR count). The highest BCUT2D eigenvalue weighted by Crippen LogP contribution is 2.36. The fourth-order valence-corrected chi connectivity index (χ4v) is 4.13. The first-order valence-corrected chi connectivity index (χ1v) is 11.2. The van der Waals surface area contributed by atoms with Gasteiger partial charge in [0.25, 0.3) is 0 Å². The van der Waals surface area contributed by atoms with Crippen LogP contribution in [0.5, 0.6) is 0 Å².